The largest absolute Gasteiger partial charge is 0.463 e. The van der Waals surface area contributed by atoms with Crippen LogP contribution in [0.1, 0.15) is 40.9 Å². The lowest BCUT2D eigenvalue weighted by Gasteiger charge is -2.25. The first kappa shape index (κ1) is 14.8. The Balaban J connectivity index is 1.59. The zero-order valence-electron chi connectivity index (χ0n) is 12.9. The molecule has 0 amide bonds. The van der Waals surface area contributed by atoms with Crippen molar-refractivity contribution in [2.24, 2.45) is 0 Å². The molecule has 1 aliphatic heterocycles. The lowest BCUT2D eigenvalue weighted by Crippen LogP contribution is -2.28. The molecule has 0 aliphatic carbocycles. The first-order valence-corrected chi connectivity index (χ1v) is 8.70. The van der Waals surface area contributed by atoms with E-state index in [1.807, 2.05) is 11.3 Å². The van der Waals surface area contributed by atoms with Crippen LogP contribution in [0.15, 0.2) is 21.9 Å². The van der Waals surface area contributed by atoms with Gasteiger partial charge in [0.1, 0.15) is 11.5 Å². The highest BCUT2D eigenvalue weighted by Gasteiger charge is 2.18. The van der Waals surface area contributed by atoms with Gasteiger partial charge in [0.2, 0.25) is 0 Å². The number of rotatable bonds is 6. The molecule has 21 heavy (non-hydrogen) atoms. The Morgan fingerprint density at radius 2 is 2.33 bits per heavy atom. The van der Waals surface area contributed by atoms with E-state index in [1.54, 1.807) is 4.88 Å². The van der Waals surface area contributed by atoms with Gasteiger partial charge in [0.15, 0.2) is 0 Å². The van der Waals surface area contributed by atoms with Gasteiger partial charge in [-0.3, -0.25) is 4.90 Å². The van der Waals surface area contributed by atoms with Gasteiger partial charge >= 0.3 is 0 Å². The average Bonchev–Trinajstić information content (AvgIpc) is 3.06. The Morgan fingerprint density at radius 1 is 1.43 bits per heavy atom. The van der Waals surface area contributed by atoms with E-state index in [4.69, 9.17) is 4.42 Å². The highest BCUT2D eigenvalue weighted by atomic mass is 32.1. The molecule has 4 heteroatoms. The molecule has 2 aromatic rings. The third-order valence-corrected chi connectivity index (χ3v) is 5.07. The Bertz CT molecular complexity index is 587. The number of fused-ring (bicyclic) bond motifs is 1. The molecule has 3 rings (SSSR count). The Hall–Kier alpha value is -1.10. The molecule has 0 saturated carbocycles. The maximum atomic E-state index is 6.03. The minimum atomic E-state index is 0.842. The quantitative estimate of drug-likeness (QED) is 0.825. The van der Waals surface area contributed by atoms with Crippen molar-refractivity contribution in [1.29, 1.82) is 0 Å². The van der Waals surface area contributed by atoms with Crippen molar-refractivity contribution in [3.63, 3.8) is 0 Å². The van der Waals surface area contributed by atoms with E-state index in [2.05, 4.69) is 41.6 Å². The van der Waals surface area contributed by atoms with Gasteiger partial charge in [0.05, 0.1) is 13.1 Å². The maximum Gasteiger partial charge on any atom is 0.120 e. The van der Waals surface area contributed by atoms with E-state index in [0.29, 0.717) is 0 Å². The number of aryl methyl sites for hydroxylation is 1. The Morgan fingerprint density at radius 3 is 3.19 bits per heavy atom. The van der Waals surface area contributed by atoms with Crippen molar-refractivity contribution >= 4 is 11.3 Å². The summed E-state index contributed by atoms with van der Waals surface area (Å²) in [7, 11) is 0. The molecule has 1 aliphatic rings. The van der Waals surface area contributed by atoms with E-state index in [1.165, 1.54) is 17.5 Å². The zero-order chi connectivity index (χ0) is 14.7. The van der Waals surface area contributed by atoms with Gasteiger partial charge in [-0.1, -0.05) is 6.92 Å². The summed E-state index contributed by atoms with van der Waals surface area (Å²) in [5.41, 5.74) is 2.76. The fourth-order valence-electron chi connectivity index (χ4n) is 2.88. The molecule has 0 aromatic carbocycles. The molecule has 2 aromatic heterocycles. The van der Waals surface area contributed by atoms with E-state index in [-0.39, 0.29) is 0 Å². The van der Waals surface area contributed by atoms with Crippen LogP contribution in [-0.4, -0.2) is 18.0 Å². The van der Waals surface area contributed by atoms with Crippen LogP contribution in [0.2, 0.25) is 0 Å². The molecule has 3 heterocycles. The first-order chi connectivity index (χ1) is 10.3. The van der Waals surface area contributed by atoms with Crippen LogP contribution in [0, 0.1) is 6.92 Å². The predicted molar refractivity (Wildman–Crippen MR) is 87.6 cm³/mol. The standard InChI is InChI=1S/C17H24N2OS/c1-3-6-18-10-16-13(2)9-15(20-16)12-19-7-4-17-14(11-19)5-8-21-17/h5,8-9,18H,3-4,6-7,10-12H2,1-2H3. The molecular weight excluding hydrogens is 280 g/mol. The molecule has 0 saturated heterocycles. The van der Waals surface area contributed by atoms with Gasteiger partial charge < -0.3 is 9.73 Å². The lowest BCUT2D eigenvalue weighted by molar-refractivity contribution is 0.225. The summed E-state index contributed by atoms with van der Waals surface area (Å²) in [5, 5.41) is 5.62. The van der Waals surface area contributed by atoms with Crippen LogP contribution < -0.4 is 5.32 Å². The van der Waals surface area contributed by atoms with E-state index in [9.17, 15) is 0 Å². The van der Waals surface area contributed by atoms with Crippen molar-refractivity contribution < 1.29 is 4.42 Å². The normalized spacial score (nSPS) is 15.3. The van der Waals surface area contributed by atoms with Crippen LogP contribution >= 0.6 is 11.3 Å². The van der Waals surface area contributed by atoms with Crippen LogP contribution in [-0.2, 0) is 26.1 Å². The van der Waals surface area contributed by atoms with E-state index >= 15 is 0 Å². The second-order valence-corrected chi connectivity index (χ2v) is 6.83. The second-order valence-electron chi connectivity index (χ2n) is 5.83. The summed E-state index contributed by atoms with van der Waals surface area (Å²) in [6.07, 6.45) is 2.33. The van der Waals surface area contributed by atoms with Crippen molar-refractivity contribution in [3.8, 4) is 0 Å². The van der Waals surface area contributed by atoms with Crippen molar-refractivity contribution in [3.05, 3.63) is 45.0 Å². The third-order valence-electron chi connectivity index (χ3n) is 4.05. The molecule has 114 valence electrons. The van der Waals surface area contributed by atoms with Crippen LogP contribution in [0.4, 0.5) is 0 Å². The molecule has 0 unspecified atom stereocenters. The van der Waals surface area contributed by atoms with Gasteiger partial charge in [-0.2, -0.15) is 0 Å². The van der Waals surface area contributed by atoms with Gasteiger partial charge in [-0.05, 0) is 54.9 Å². The maximum absolute atomic E-state index is 6.03. The predicted octanol–water partition coefficient (Wildman–Crippen LogP) is 3.71. The monoisotopic (exact) mass is 304 g/mol. The number of nitrogens with zero attached hydrogens (tertiary/aromatic N) is 1. The molecule has 1 N–H and O–H groups in total. The molecule has 0 fully saturated rings. The van der Waals surface area contributed by atoms with Gasteiger partial charge in [-0.15, -0.1) is 11.3 Å². The van der Waals surface area contributed by atoms with Crippen LogP contribution in [0.5, 0.6) is 0 Å². The number of furan rings is 1. The summed E-state index contributed by atoms with van der Waals surface area (Å²) in [6.45, 7) is 9.32. The highest BCUT2D eigenvalue weighted by molar-refractivity contribution is 7.10. The third kappa shape index (κ3) is 3.57. The van der Waals surface area contributed by atoms with E-state index in [0.717, 1.165) is 50.7 Å². The summed E-state index contributed by atoms with van der Waals surface area (Å²) in [6, 6.07) is 4.46. The molecular formula is C17H24N2OS. The lowest BCUT2D eigenvalue weighted by atomic mass is 10.1. The molecule has 0 bridgehead atoms. The number of nitrogens with one attached hydrogen (secondary N) is 1. The van der Waals surface area contributed by atoms with Crippen LogP contribution in [0.3, 0.4) is 0 Å². The fraction of sp³-hybridized carbons (Fsp3) is 0.529. The molecule has 0 atom stereocenters. The van der Waals surface area contributed by atoms with Crippen molar-refractivity contribution in [2.45, 2.75) is 46.3 Å². The Labute approximate surface area is 131 Å². The average molecular weight is 304 g/mol. The SMILES string of the molecule is CCCNCc1oc(CN2CCc3sccc3C2)cc1C. The summed E-state index contributed by atoms with van der Waals surface area (Å²) in [4.78, 5) is 4.04. The molecule has 0 spiro atoms. The van der Waals surface area contributed by atoms with Gasteiger partial charge in [-0.25, -0.2) is 0 Å². The summed E-state index contributed by atoms with van der Waals surface area (Å²) in [5.74, 6) is 2.19. The minimum absolute atomic E-state index is 0.842. The molecule has 3 nitrogen and oxygen atoms in total. The van der Waals surface area contributed by atoms with Crippen molar-refractivity contribution in [2.75, 3.05) is 13.1 Å². The van der Waals surface area contributed by atoms with E-state index < -0.39 is 0 Å². The minimum Gasteiger partial charge on any atom is -0.463 e. The van der Waals surface area contributed by atoms with Gasteiger partial charge in [0.25, 0.3) is 0 Å². The number of hydrogen-bond acceptors (Lipinski definition) is 4. The van der Waals surface area contributed by atoms with Crippen LogP contribution in [0.25, 0.3) is 0 Å². The molecule has 0 radical (unpaired) electrons. The van der Waals surface area contributed by atoms with Crippen molar-refractivity contribution in [1.82, 2.24) is 10.2 Å². The second kappa shape index (κ2) is 6.77. The summed E-state index contributed by atoms with van der Waals surface area (Å²) < 4.78 is 6.03. The first-order valence-electron chi connectivity index (χ1n) is 7.82. The Kier molecular flexibility index (Phi) is 4.78. The smallest absolute Gasteiger partial charge is 0.120 e. The van der Waals surface area contributed by atoms with Gasteiger partial charge in [0, 0.05) is 18.0 Å². The number of hydrogen-bond donors (Lipinski definition) is 1. The number of thiophene rings is 1. The topological polar surface area (TPSA) is 28.4 Å². The highest BCUT2D eigenvalue weighted by Crippen LogP contribution is 2.25. The summed E-state index contributed by atoms with van der Waals surface area (Å²) >= 11 is 1.89. The fourth-order valence-corrected chi connectivity index (χ4v) is 3.77. The zero-order valence-corrected chi connectivity index (χ0v) is 13.8.